The number of amides is 1. The molecule has 128 valence electrons. The predicted octanol–water partition coefficient (Wildman–Crippen LogP) is 3.83. The van der Waals surface area contributed by atoms with Crippen molar-refractivity contribution < 1.29 is 19.4 Å². The summed E-state index contributed by atoms with van der Waals surface area (Å²) in [7, 11) is 1.22. The summed E-state index contributed by atoms with van der Waals surface area (Å²) in [6.07, 6.45) is 0. The highest BCUT2D eigenvalue weighted by Gasteiger charge is 2.45. The van der Waals surface area contributed by atoms with Crippen LogP contribution in [-0.4, -0.2) is 24.1 Å². The van der Waals surface area contributed by atoms with E-state index < -0.39 is 23.7 Å². The Balaban J connectivity index is 2.16. The first-order valence-corrected chi connectivity index (χ1v) is 8.40. The van der Waals surface area contributed by atoms with Crippen molar-refractivity contribution in [3.05, 3.63) is 75.5 Å². The van der Waals surface area contributed by atoms with Gasteiger partial charge in [-0.15, -0.1) is 0 Å². The molecule has 0 aromatic heterocycles. The SMILES string of the molecule is COC(=O)C1=C(O)C(=O)N(c2ccc(Br)cc2)C1c1ccc(C)cc1. The van der Waals surface area contributed by atoms with Crippen LogP contribution < -0.4 is 4.90 Å². The van der Waals surface area contributed by atoms with Gasteiger partial charge >= 0.3 is 5.97 Å². The fourth-order valence-corrected chi connectivity index (χ4v) is 3.12. The summed E-state index contributed by atoms with van der Waals surface area (Å²) in [4.78, 5) is 26.3. The third-order valence-electron chi connectivity index (χ3n) is 4.11. The minimum atomic E-state index is -0.748. The molecule has 3 rings (SSSR count). The zero-order valence-corrected chi connectivity index (χ0v) is 15.3. The Bertz CT molecular complexity index is 856. The number of aliphatic hydroxyl groups excluding tert-OH is 1. The molecular weight excluding hydrogens is 386 g/mol. The van der Waals surface area contributed by atoms with Crippen LogP contribution in [0.3, 0.4) is 0 Å². The van der Waals surface area contributed by atoms with Crippen molar-refractivity contribution in [1.29, 1.82) is 0 Å². The second kappa shape index (κ2) is 6.72. The van der Waals surface area contributed by atoms with Gasteiger partial charge in [0.2, 0.25) is 0 Å². The van der Waals surface area contributed by atoms with Gasteiger partial charge in [-0.25, -0.2) is 4.79 Å². The number of hydrogen-bond acceptors (Lipinski definition) is 4. The molecule has 0 aliphatic carbocycles. The summed E-state index contributed by atoms with van der Waals surface area (Å²) in [6.45, 7) is 1.95. The predicted molar refractivity (Wildman–Crippen MR) is 97.2 cm³/mol. The summed E-state index contributed by atoms with van der Waals surface area (Å²) >= 11 is 3.36. The van der Waals surface area contributed by atoms with Crippen molar-refractivity contribution in [2.24, 2.45) is 0 Å². The Morgan fingerprint density at radius 2 is 1.72 bits per heavy atom. The van der Waals surface area contributed by atoms with E-state index in [2.05, 4.69) is 15.9 Å². The molecule has 0 saturated carbocycles. The molecule has 1 atom stereocenters. The van der Waals surface area contributed by atoms with Crippen molar-refractivity contribution >= 4 is 33.5 Å². The maximum absolute atomic E-state index is 12.7. The van der Waals surface area contributed by atoms with Gasteiger partial charge < -0.3 is 9.84 Å². The summed E-state index contributed by atoms with van der Waals surface area (Å²) in [5.41, 5.74) is 2.28. The van der Waals surface area contributed by atoms with Crippen LogP contribution in [0.25, 0.3) is 0 Å². The normalized spacial score (nSPS) is 17.2. The van der Waals surface area contributed by atoms with Crippen LogP contribution in [0, 0.1) is 6.92 Å². The van der Waals surface area contributed by atoms with Gasteiger partial charge in [-0.3, -0.25) is 9.69 Å². The number of nitrogens with zero attached hydrogens (tertiary/aromatic N) is 1. The number of aliphatic hydroxyl groups is 1. The van der Waals surface area contributed by atoms with E-state index in [1.165, 1.54) is 12.0 Å². The topological polar surface area (TPSA) is 66.8 Å². The summed E-state index contributed by atoms with van der Waals surface area (Å²) < 4.78 is 5.65. The Morgan fingerprint density at radius 1 is 1.12 bits per heavy atom. The molecule has 2 aromatic rings. The molecule has 2 aromatic carbocycles. The molecule has 0 radical (unpaired) electrons. The Labute approximate surface area is 153 Å². The molecule has 0 spiro atoms. The summed E-state index contributed by atoms with van der Waals surface area (Å²) in [5, 5.41) is 10.3. The van der Waals surface area contributed by atoms with Gasteiger partial charge in [-0.1, -0.05) is 45.8 Å². The minimum Gasteiger partial charge on any atom is -0.503 e. The minimum absolute atomic E-state index is 0.0562. The van der Waals surface area contributed by atoms with E-state index in [9.17, 15) is 14.7 Å². The van der Waals surface area contributed by atoms with E-state index in [0.717, 1.165) is 10.0 Å². The molecule has 6 heteroatoms. The first kappa shape index (κ1) is 17.2. The van der Waals surface area contributed by atoms with E-state index in [1.54, 1.807) is 24.3 Å². The number of halogens is 1. The highest BCUT2D eigenvalue weighted by Crippen LogP contribution is 2.41. The average molecular weight is 402 g/mol. The Morgan fingerprint density at radius 3 is 2.28 bits per heavy atom. The van der Waals surface area contributed by atoms with E-state index in [4.69, 9.17) is 4.74 Å². The van der Waals surface area contributed by atoms with Crippen molar-refractivity contribution in [1.82, 2.24) is 0 Å². The molecule has 1 aliphatic heterocycles. The van der Waals surface area contributed by atoms with Crippen molar-refractivity contribution in [2.75, 3.05) is 12.0 Å². The fourth-order valence-electron chi connectivity index (χ4n) is 2.86. The molecule has 1 unspecified atom stereocenters. The highest BCUT2D eigenvalue weighted by molar-refractivity contribution is 9.10. The van der Waals surface area contributed by atoms with Gasteiger partial charge in [0, 0.05) is 10.2 Å². The van der Waals surface area contributed by atoms with Gasteiger partial charge in [0.1, 0.15) is 5.57 Å². The number of esters is 1. The van der Waals surface area contributed by atoms with Crippen LogP contribution in [-0.2, 0) is 14.3 Å². The molecule has 25 heavy (non-hydrogen) atoms. The smallest absolute Gasteiger partial charge is 0.340 e. The number of hydrogen-bond donors (Lipinski definition) is 1. The second-order valence-corrected chi connectivity index (χ2v) is 6.63. The molecule has 0 bridgehead atoms. The Hall–Kier alpha value is -2.60. The number of carbonyl (C=O) groups excluding carboxylic acids is 2. The van der Waals surface area contributed by atoms with E-state index in [1.807, 2.05) is 31.2 Å². The molecule has 0 saturated heterocycles. The molecule has 1 aliphatic rings. The van der Waals surface area contributed by atoms with E-state index in [-0.39, 0.29) is 5.57 Å². The van der Waals surface area contributed by atoms with E-state index in [0.29, 0.717) is 11.3 Å². The zero-order valence-electron chi connectivity index (χ0n) is 13.7. The monoisotopic (exact) mass is 401 g/mol. The quantitative estimate of drug-likeness (QED) is 0.793. The number of ether oxygens (including phenoxy) is 1. The summed E-state index contributed by atoms with van der Waals surface area (Å²) in [5.74, 6) is -1.94. The van der Waals surface area contributed by atoms with Crippen LogP contribution >= 0.6 is 15.9 Å². The Kier molecular flexibility index (Phi) is 4.63. The number of benzene rings is 2. The van der Waals surface area contributed by atoms with Gasteiger partial charge in [0.15, 0.2) is 5.76 Å². The van der Waals surface area contributed by atoms with Crippen LogP contribution in [0.2, 0.25) is 0 Å². The van der Waals surface area contributed by atoms with Crippen molar-refractivity contribution in [2.45, 2.75) is 13.0 Å². The molecule has 5 nitrogen and oxygen atoms in total. The lowest BCUT2D eigenvalue weighted by molar-refractivity contribution is -0.136. The lowest BCUT2D eigenvalue weighted by atomic mass is 9.98. The number of anilines is 1. The van der Waals surface area contributed by atoms with Gasteiger partial charge in [-0.05, 0) is 36.8 Å². The fraction of sp³-hybridized carbons (Fsp3) is 0.158. The largest absolute Gasteiger partial charge is 0.503 e. The third kappa shape index (κ3) is 3.05. The number of aryl methyl sites for hydroxylation is 1. The maximum atomic E-state index is 12.7. The van der Waals surface area contributed by atoms with Gasteiger partial charge in [0.05, 0.1) is 13.2 Å². The number of carbonyl (C=O) groups is 2. The van der Waals surface area contributed by atoms with Crippen molar-refractivity contribution in [3.8, 4) is 0 Å². The molecule has 1 N–H and O–H groups in total. The molecule has 0 fully saturated rings. The average Bonchev–Trinajstić information content (AvgIpc) is 2.87. The molecule has 1 amide bonds. The molecular formula is C19H16BrNO4. The summed E-state index contributed by atoms with van der Waals surface area (Å²) in [6, 6.07) is 13.8. The van der Waals surface area contributed by atoms with Crippen molar-refractivity contribution in [3.63, 3.8) is 0 Å². The standard InChI is InChI=1S/C19H16BrNO4/c1-11-3-5-12(6-4-11)16-15(19(24)25-2)17(22)18(23)21(16)14-9-7-13(20)8-10-14/h3-10,16,22H,1-2H3. The molecule has 1 heterocycles. The van der Waals surface area contributed by atoms with Crippen LogP contribution in [0.1, 0.15) is 17.2 Å². The first-order valence-electron chi connectivity index (χ1n) is 7.61. The number of rotatable bonds is 3. The maximum Gasteiger partial charge on any atom is 0.340 e. The lowest BCUT2D eigenvalue weighted by Gasteiger charge is -2.26. The first-order chi connectivity index (χ1) is 11.9. The number of methoxy groups -OCH3 is 1. The van der Waals surface area contributed by atoms with Gasteiger partial charge in [-0.2, -0.15) is 0 Å². The van der Waals surface area contributed by atoms with Crippen LogP contribution in [0.4, 0.5) is 5.69 Å². The van der Waals surface area contributed by atoms with Crippen LogP contribution in [0.5, 0.6) is 0 Å². The lowest BCUT2D eigenvalue weighted by Crippen LogP contribution is -2.31. The second-order valence-electron chi connectivity index (χ2n) is 5.72. The highest BCUT2D eigenvalue weighted by atomic mass is 79.9. The van der Waals surface area contributed by atoms with Crippen LogP contribution in [0.15, 0.2) is 64.3 Å². The zero-order chi connectivity index (χ0) is 18.1. The van der Waals surface area contributed by atoms with Gasteiger partial charge in [0.25, 0.3) is 5.91 Å². The van der Waals surface area contributed by atoms with E-state index >= 15 is 0 Å². The third-order valence-corrected chi connectivity index (χ3v) is 4.64.